The Morgan fingerprint density at radius 2 is 1.79 bits per heavy atom. The summed E-state index contributed by atoms with van der Waals surface area (Å²) in [4.78, 5) is 15.7. The van der Waals surface area contributed by atoms with E-state index in [2.05, 4.69) is 39.8 Å². The average Bonchev–Trinajstić information content (AvgIpc) is 3.30. The van der Waals surface area contributed by atoms with Gasteiger partial charge >= 0.3 is 0 Å². The standard InChI is InChI=1S/C23H30ClN3O/c1-17-15-18(2)27(25-17)16-19-9-13-26(14-10-19)22(28)23(11-3-4-12-23)20-5-7-21(24)8-6-20/h5-8,15,19H,3-4,9-14,16H2,1-2H3. The number of hydrogen-bond acceptors (Lipinski definition) is 2. The summed E-state index contributed by atoms with van der Waals surface area (Å²) in [6, 6.07) is 10.1. The molecule has 2 aliphatic rings. The first kappa shape index (κ1) is 19.5. The Hall–Kier alpha value is -1.81. The van der Waals surface area contributed by atoms with Gasteiger partial charge in [0.05, 0.1) is 11.1 Å². The fourth-order valence-electron chi connectivity index (χ4n) is 5.10. The molecule has 1 aromatic heterocycles. The van der Waals surface area contributed by atoms with Crippen LogP contribution in [0.2, 0.25) is 5.02 Å². The zero-order chi connectivity index (χ0) is 19.7. The maximum absolute atomic E-state index is 13.6. The number of nitrogens with zero attached hydrogens (tertiary/aromatic N) is 3. The molecule has 4 rings (SSSR count). The van der Waals surface area contributed by atoms with Crippen LogP contribution in [-0.2, 0) is 16.8 Å². The zero-order valence-electron chi connectivity index (χ0n) is 17.0. The third-order valence-electron chi connectivity index (χ3n) is 6.70. The number of benzene rings is 1. The molecule has 1 saturated heterocycles. The highest BCUT2D eigenvalue weighted by Crippen LogP contribution is 2.43. The second-order valence-corrected chi connectivity index (χ2v) is 9.08. The molecule has 1 saturated carbocycles. The van der Waals surface area contributed by atoms with E-state index < -0.39 is 0 Å². The lowest BCUT2D eigenvalue weighted by atomic mass is 9.77. The van der Waals surface area contributed by atoms with Crippen molar-refractivity contribution >= 4 is 17.5 Å². The first-order chi connectivity index (χ1) is 13.5. The lowest BCUT2D eigenvalue weighted by molar-refractivity contribution is -0.138. The van der Waals surface area contributed by atoms with Crippen LogP contribution in [0.25, 0.3) is 0 Å². The molecule has 2 aromatic rings. The maximum atomic E-state index is 13.6. The summed E-state index contributed by atoms with van der Waals surface area (Å²) in [6.45, 7) is 6.84. The number of likely N-dealkylation sites (tertiary alicyclic amines) is 1. The normalized spacial score (nSPS) is 19.9. The summed E-state index contributed by atoms with van der Waals surface area (Å²) in [7, 11) is 0. The van der Waals surface area contributed by atoms with Gasteiger partial charge in [-0.15, -0.1) is 0 Å². The molecule has 0 bridgehead atoms. The first-order valence-corrected chi connectivity index (χ1v) is 10.9. The molecule has 1 aliphatic carbocycles. The van der Waals surface area contributed by atoms with E-state index in [4.69, 9.17) is 11.6 Å². The van der Waals surface area contributed by atoms with Crippen LogP contribution in [0.1, 0.15) is 55.5 Å². The van der Waals surface area contributed by atoms with E-state index in [1.54, 1.807) is 0 Å². The van der Waals surface area contributed by atoms with Crippen molar-refractivity contribution in [3.05, 3.63) is 52.3 Å². The number of piperidine rings is 1. The molecule has 2 heterocycles. The number of aryl methyl sites for hydroxylation is 2. The number of amides is 1. The number of aromatic nitrogens is 2. The molecule has 1 aromatic carbocycles. The van der Waals surface area contributed by atoms with Gasteiger partial charge in [0.2, 0.25) is 5.91 Å². The minimum Gasteiger partial charge on any atom is -0.342 e. The quantitative estimate of drug-likeness (QED) is 0.733. The maximum Gasteiger partial charge on any atom is 0.233 e. The highest BCUT2D eigenvalue weighted by Gasteiger charge is 2.45. The fraction of sp³-hybridized carbons (Fsp3) is 0.565. The Bertz CT molecular complexity index is 828. The molecule has 0 radical (unpaired) electrons. The molecular weight excluding hydrogens is 370 g/mol. The van der Waals surface area contributed by atoms with E-state index in [-0.39, 0.29) is 5.41 Å². The van der Waals surface area contributed by atoms with Crippen LogP contribution in [0.15, 0.2) is 30.3 Å². The molecule has 1 amide bonds. The number of halogens is 1. The third-order valence-corrected chi connectivity index (χ3v) is 6.95. The largest absolute Gasteiger partial charge is 0.342 e. The van der Waals surface area contributed by atoms with Crippen LogP contribution < -0.4 is 0 Å². The Balaban J connectivity index is 1.43. The minimum absolute atomic E-state index is 0.330. The average molecular weight is 400 g/mol. The predicted octanol–water partition coefficient (Wildman–Crippen LogP) is 4.90. The van der Waals surface area contributed by atoms with E-state index in [1.807, 2.05) is 19.1 Å². The van der Waals surface area contributed by atoms with Crippen molar-refractivity contribution in [1.29, 1.82) is 0 Å². The number of hydrogen-bond donors (Lipinski definition) is 0. The van der Waals surface area contributed by atoms with Gasteiger partial charge in [0.1, 0.15) is 0 Å². The topological polar surface area (TPSA) is 38.1 Å². The molecular formula is C23H30ClN3O. The molecule has 2 fully saturated rings. The van der Waals surface area contributed by atoms with Crippen LogP contribution in [0.3, 0.4) is 0 Å². The van der Waals surface area contributed by atoms with Crippen LogP contribution in [-0.4, -0.2) is 33.7 Å². The van der Waals surface area contributed by atoms with Gasteiger partial charge in [-0.2, -0.15) is 5.10 Å². The zero-order valence-corrected chi connectivity index (χ0v) is 17.7. The van der Waals surface area contributed by atoms with Gasteiger partial charge in [-0.25, -0.2) is 0 Å². The Kier molecular flexibility index (Phi) is 5.50. The smallest absolute Gasteiger partial charge is 0.233 e. The highest BCUT2D eigenvalue weighted by molar-refractivity contribution is 6.30. The Morgan fingerprint density at radius 1 is 1.14 bits per heavy atom. The van der Waals surface area contributed by atoms with Crippen LogP contribution in [0.5, 0.6) is 0 Å². The molecule has 0 atom stereocenters. The van der Waals surface area contributed by atoms with Crippen molar-refractivity contribution in [2.75, 3.05) is 13.1 Å². The lowest BCUT2D eigenvalue weighted by Crippen LogP contribution is -2.49. The summed E-state index contributed by atoms with van der Waals surface area (Å²) in [5.41, 5.74) is 3.11. The molecule has 5 heteroatoms. The van der Waals surface area contributed by atoms with Crippen molar-refractivity contribution < 1.29 is 4.79 Å². The van der Waals surface area contributed by atoms with Crippen molar-refractivity contribution in [3.63, 3.8) is 0 Å². The third kappa shape index (κ3) is 3.71. The van der Waals surface area contributed by atoms with Gasteiger partial charge in [-0.1, -0.05) is 36.6 Å². The van der Waals surface area contributed by atoms with Gasteiger partial charge in [-0.3, -0.25) is 9.48 Å². The van der Waals surface area contributed by atoms with Gasteiger partial charge in [-0.05, 0) is 69.2 Å². The van der Waals surface area contributed by atoms with E-state index in [1.165, 1.54) is 5.69 Å². The molecule has 4 nitrogen and oxygen atoms in total. The van der Waals surface area contributed by atoms with E-state index in [9.17, 15) is 4.79 Å². The number of carbonyl (C=O) groups excluding carboxylic acids is 1. The lowest BCUT2D eigenvalue weighted by Gasteiger charge is -2.39. The molecule has 0 N–H and O–H groups in total. The molecule has 1 aliphatic heterocycles. The van der Waals surface area contributed by atoms with Crippen molar-refractivity contribution in [2.45, 2.75) is 64.3 Å². The molecule has 0 unspecified atom stereocenters. The fourth-order valence-corrected chi connectivity index (χ4v) is 5.23. The Labute approximate surface area is 172 Å². The van der Waals surface area contributed by atoms with Crippen LogP contribution in [0.4, 0.5) is 0 Å². The van der Waals surface area contributed by atoms with E-state index >= 15 is 0 Å². The Morgan fingerprint density at radius 3 is 2.36 bits per heavy atom. The molecule has 150 valence electrons. The SMILES string of the molecule is Cc1cc(C)n(CC2CCN(C(=O)C3(c4ccc(Cl)cc4)CCCC3)CC2)n1. The monoisotopic (exact) mass is 399 g/mol. The summed E-state index contributed by atoms with van der Waals surface area (Å²) in [5.74, 6) is 0.925. The van der Waals surface area contributed by atoms with Gasteiger partial charge in [0.15, 0.2) is 0 Å². The summed E-state index contributed by atoms with van der Waals surface area (Å²) >= 11 is 6.08. The number of carbonyl (C=O) groups is 1. The van der Waals surface area contributed by atoms with Gasteiger partial charge < -0.3 is 4.90 Å². The second kappa shape index (κ2) is 7.90. The van der Waals surface area contributed by atoms with Gasteiger partial charge in [0, 0.05) is 30.4 Å². The number of rotatable bonds is 4. The summed E-state index contributed by atoms with van der Waals surface area (Å²) < 4.78 is 2.13. The molecule has 28 heavy (non-hydrogen) atoms. The molecule has 0 spiro atoms. The minimum atomic E-state index is -0.340. The summed E-state index contributed by atoms with van der Waals surface area (Å²) in [6.07, 6.45) is 6.28. The van der Waals surface area contributed by atoms with Crippen molar-refractivity contribution in [3.8, 4) is 0 Å². The van der Waals surface area contributed by atoms with E-state index in [0.29, 0.717) is 11.8 Å². The van der Waals surface area contributed by atoms with Crippen LogP contribution in [0, 0.1) is 19.8 Å². The van der Waals surface area contributed by atoms with E-state index in [0.717, 1.165) is 74.4 Å². The highest BCUT2D eigenvalue weighted by atomic mass is 35.5. The van der Waals surface area contributed by atoms with Crippen molar-refractivity contribution in [1.82, 2.24) is 14.7 Å². The second-order valence-electron chi connectivity index (χ2n) is 8.64. The predicted molar refractivity (Wildman–Crippen MR) is 113 cm³/mol. The summed E-state index contributed by atoms with van der Waals surface area (Å²) in [5, 5.41) is 5.34. The van der Waals surface area contributed by atoms with Crippen LogP contribution >= 0.6 is 11.6 Å². The van der Waals surface area contributed by atoms with Gasteiger partial charge in [0.25, 0.3) is 0 Å². The first-order valence-electron chi connectivity index (χ1n) is 10.5. The van der Waals surface area contributed by atoms with Crippen molar-refractivity contribution in [2.24, 2.45) is 5.92 Å².